The summed E-state index contributed by atoms with van der Waals surface area (Å²) in [5.74, 6) is -0.910. The van der Waals surface area contributed by atoms with Gasteiger partial charge in [-0.15, -0.1) is 0 Å². The van der Waals surface area contributed by atoms with Crippen LogP contribution in [0.3, 0.4) is 0 Å². The van der Waals surface area contributed by atoms with Crippen LogP contribution in [-0.4, -0.2) is 37.2 Å². The van der Waals surface area contributed by atoms with Crippen LogP contribution in [0.2, 0.25) is 0 Å². The molecule has 0 radical (unpaired) electrons. The number of ether oxygens (including phenoxy) is 3. The Hall–Kier alpha value is -3.41. The topological polar surface area (TPSA) is 78.9 Å². The summed E-state index contributed by atoms with van der Waals surface area (Å²) >= 11 is 0. The Morgan fingerprint density at radius 1 is 0.313 bits per heavy atom. The molecule has 0 aliphatic carbocycles. The van der Waals surface area contributed by atoms with Crippen molar-refractivity contribution in [1.82, 2.24) is 0 Å². The maximum Gasteiger partial charge on any atom is 0.306 e. The van der Waals surface area contributed by atoms with Crippen molar-refractivity contribution in [2.75, 3.05) is 13.2 Å². The van der Waals surface area contributed by atoms with Crippen molar-refractivity contribution < 1.29 is 28.6 Å². The predicted octanol–water partition coefficient (Wildman–Crippen LogP) is 18.8. The third-order valence-corrected chi connectivity index (χ3v) is 11.8. The Balaban J connectivity index is 4.34. The predicted molar refractivity (Wildman–Crippen MR) is 288 cm³/mol. The van der Waals surface area contributed by atoms with E-state index >= 15 is 0 Å². The number of unbranched alkanes of at least 4 members (excludes halogenated alkanes) is 25. The van der Waals surface area contributed by atoms with Crippen molar-refractivity contribution in [3.63, 3.8) is 0 Å². The molecule has 67 heavy (non-hydrogen) atoms. The summed E-state index contributed by atoms with van der Waals surface area (Å²) in [6, 6.07) is 0. The lowest BCUT2D eigenvalue weighted by Gasteiger charge is -2.18. The van der Waals surface area contributed by atoms with Gasteiger partial charge in [-0.25, -0.2) is 0 Å². The smallest absolute Gasteiger partial charge is 0.306 e. The highest BCUT2D eigenvalue weighted by Gasteiger charge is 2.19. The zero-order chi connectivity index (χ0) is 48.6. The molecular weight excluding hydrogens is 829 g/mol. The minimum Gasteiger partial charge on any atom is -0.462 e. The molecule has 0 rings (SSSR count). The average molecular weight is 933 g/mol. The van der Waals surface area contributed by atoms with Crippen molar-refractivity contribution in [1.29, 1.82) is 0 Å². The molecule has 6 heteroatoms. The maximum absolute atomic E-state index is 12.8. The van der Waals surface area contributed by atoms with E-state index in [1.54, 1.807) is 0 Å². The van der Waals surface area contributed by atoms with Crippen LogP contribution in [0, 0.1) is 0 Å². The molecule has 0 aromatic carbocycles. The third-order valence-electron chi connectivity index (χ3n) is 11.8. The Bertz CT molecular complexity index is 1300. The normalized spacial score (nSPS) is 12.7. The van der Waals surface area contributed by atoms with Crippen LogP contribution in [0.25, 0.3) is 0 Å². The van der Waals surface area contributed by atoms with Gasteiger partial charge in [0.15, 0.2) is 6.10 Å². The van der Waals surface area contributed by atoms with Crippen molar-refractivity contribution in [2.24, 2.45) is 0 Å². The van der Waals surface area contributed by atoms with Gasteiger partial charge in [0.1, 0.15) is 13.2 Å². The SMILES string of the molecule is CC/C=C\C/C=C\C/C=C\C/C=C\CCCCCCCCCCC(=O)OCC(COC(=O)CCCCCCC/C=C\CCC)OC(=O)CCCCCCCCC/C=C\C/C=C\CCCCCC. The second-order valence-corrected chi connectivity index (χ2v) is 18.5. The molecular formula is C61H104O6. The van der Waals surface area contributed by atoms with Crippen LogP contribution < -0.4 is 0 Å². The van der Waals surface area contributed by atoms with E-state index in [-0.39, 0.29) is 31.1 Å². The van der Waals surface area contributed by atoms with Gasteiger partial charge in [0, 0.05) is 19.3 Å². The number of allylic oxidation sites excluding steroid dienone is 14. The number of carbonyl (C=O) groups excluding carboxylic acids is 3. The van der Waals surface area contributed by atoms with Gasteiger partial charge in [0.25, 0.3) is 0 Å². The summed E-state index contributed by atoms with van der Waals surface area (Å²) in [5.41, 5.74) is 0. The van der Waals surface area contributed by atoms with Crippen molar-refractivity contribution in [3.05, 3.63) is 85.1 Å². The number of hydrogen-bond donors (Lipinski definition) is 0. The molecule has 0 spiro atoms. The second-order valence-electron chi connectivity index (χ2n) is 18.5. The summed E-state index contributed by atoms with van der Waals surface area (Å²) in [6.07, 6.45) is 71.4. The quantitative estimate of drug-likeness (QED) is 0.0262. The summed E-state index contributed by atoms with van der Waals surface area (Å²) in [6.45, 7) is 6.44. The summed E-state index contributed by atoms with van der Waals surface area (Å²) in [7, 11) is 0. The third kappa shape index (κ3) is 53.4. The van der Waals surface area contributed by atoms with Crippen molar-refractivity contribution >= 4 is 17.9 Å². The zero-order valence-corrected chi connectivity index (χ0v) is 43.9. The molecule has 6 nitrogen and oxygen atoms in total. The standard InChI is InChI=1S/C61H104O6/c1-4-7-10-13-16-19-22-24-26-28-30-31-32-34-35-37-39-42-45-48-51-54-60(63)66-57-58(56-65-59(62)53-50-47-44-41-21-18-15-12-9-6-3)67-61(64)55-52-49-46-43-40-38-36-33-29-27-25-23-20-17-14-11-8-5-2/h7,10,12,15-16,19-20,23-24,26-27,29-31,58H,4-6,8-9,11,13-14,17-18,21-22,25,28,32-57H2,1-3H3/b10-7-,15-12-,19-16-,23-20-,26-24-,29-27-,31-30-. The highest BCUT2D eigenvalue weighted by molar-refractivity contribution is 5.71. The average Bonchev–Trinajstić information content (AvgIpc) is 3.33. The molecule has 0 heterocycles. The Morgan fingerprint density at radius 3 is 0.985 bits per heavy atom. The molecule has 0 saturated carbocycles. The van der Waals surface area contributed by atoms with E-state index in [9.17, 15) is 14.4 Å². The van der Waals surface area contributed by atoms with Gasteiger partial charge in [-0.3, -0.25) is 14.4 Å². The van der Waals surface area contributed by atoms with E-state index in [0.717, 1.165) is 116 Å². The van der Waals surface area contributed by atoms with Crippen LogP contribution in [0.1, 0.15) is 265 Å². The molecule has 0 aliphatic heterocycles. The molecule has 0 bridgehead atoms. The second kappa shape index (κ2) is 55.2. The van der Waals surface area contributed by atoms with E-state index in [0.29, 0.717) is 19.3 Å². The lowest BCUT2D eigenvalue weighted by molar-refractivity contribution is -0.167. The van der Waals surface area contributed by atoms with Gasteiger partial charge >= 0.3 is 17.9 Å². The molecule has 1 atom stereocenters. The lowest BCUT2D eigenvalue weighted by atomic mass is 10.1. The van der Waals surface area contributed by atoms with Gasteiger partial charge < -0.3 is 14.2 Å². The van der Waals surface area contributed by atoms with Crippen LogP contribution in [0.5, 0.6) is 0 Å². The van der Waals surface area contributed by atoms with E-state index < -0.39 is 6.10 Å². The fourth-order valence-electron chi connectivity index (χ4n) is 7.64. The number of hydrogen-bond acceptors (Lipinski definition) is 6. The zero-order valence-electron chi connectivity index (χ0n) is 43.9. The van der Waals surface area contributed by atoms with E-state index in [4.69, 9.17) is 14.2 Å². The summed E-state index contributed by atoms with van der Waals surface area (Å²) in [4.78, 5) is 38.1. The monoisotopic (exact) mass is 933 g/mol. The van der Waals surface area contributed by atoms with Crippen molar-refractivity contribution in [2.45, 2.75) is 271 Å². The maximum atomic E-state index is 12.8. The van der Waals surface area contributed by atoms with Crippen LogP contribution >= 0.6 is 0 Å². The van der Waals surface area contributed by atoms with E-state index in [1.165, 1.54) is 109 Å². The van der Waals surface area contributed by atoms with Crippen LogP contribution in [0.15, 0.2) is 85.1 Å². The summed E-state index contributed by atoms with van der Waals surface area (Å²) in [5, 5.41) is 0. The first-order chi connectivity index (χ1) is 33.0. The first-order valence-corrected chi connectivity index (χ1v) is 28.1. The molecule has 384 valence electrons. The molecule has 0 aromatic heterocycles. The first-order valence-electron chi connectivity index (χ1n) is 28.1. The van der Waals surface area contributed by atoms with E-state index in [2.05, 4.69) is 106 Å². The first kappa shape index (κ1) is 63.6. The Kier molecular flexibility index (Phi) is 52.4. The van der Waals surface area contributed by atoms with Gasteiger partial charge in [-0.1, -0.05) is 221 Å². The number of esters is 3. The summed E-state index contributed by atoms with van der Waals surface area (Å²) < 4.78 is 16.8. The molecule has 1 unspecified atom stereocenters. The highest BCUT2D eigenvalue weighted by Crippen LogP contribution is 2.15. The number of carbonyl (C=O) groups is 3. The van der Waals surface area contributed by atoms with Crippen LogP contribution in [-0.2, 0) is 28.6 Å². The molecule has 0 saturated heterocycles. The van der Waals surface area contributed by atoms with Crippen LogP contribution in [0.4, 0.5) is 0 Å². The lowest BCUT2D eigenvalue weighted by Crippen LogP contribution is -2.30. The van der Waals surface area contributed by atoms with E-state index in [1.807, 2.05) is 0 Å². The largest absolute Gasteiger partial charge is 0.462 e. The fourth-order valence-corrected chi connectivity index (χ4v) is 7.64. The van der Waals surface area contributed by atoms with Gasteiger partial charge in [0.05, 0.1) is 0 Å². The molecule has 0 aliphatic rings. The molecule has 0 N–H and O–H groups in total. The van der Waals surface area contributed by atoms with Gasteiger partial charge in [-0.05, 0) is 109 Å². The number of rotatable bonds is 50. The van der Waals surface area contributed by atoms with Gasteiger partial charge in [0.2, 0.25) is 0 Å². The minimum absolute atomic E-state index is 0.0868. The van der Waals surface area contributed by atoms with Crippen molar-refractivity contribution in [3.8, 4) is 0 Å². The van der Waals surface area contributed by atoms with Gasteiger partial charge in [-0.2, -0.15) is 0 Å². The Labute approximate surface area is 414 Å². The highest BCUT2D eigenvalue weighted by atomic mass is 16.6. The molecule has 0 fully saturated rings. The molecule has 0 aromatic rings. The molecule has 0 amide bonds. The minimum atomic E-state index is -0.787. The Morgan fingerprint density at radius 2 is 0.612 bits per heavy atom. The fraction of sp³-hybridized carbons (Fsp3) is 0.721.